The zero-order valence-corrected chi connectivity index (χ0v) is 15.4. The van der Waals surface area contributed by atoms with Gasteiger partial charge < -0.3 is 15.4 Å². The number of carbonyl (C=O) groups is 3. The molecule has 0 aliphatic carbocycles. The van der Waals surface area contributed by atoms with Crippen molar-refractivity contribution in [3.05, 3.63) is 59.7 Å². The van der Waals surface area contributed by atoms with Gasteiger partial charge in [-0.15, -0.1) is 0 Å². The molecule has 8 heteroatoms. The molecule has 8 nitrogen and oxygen atoms in total. The maximum atomic E-state index is 12.8. The van der Waals surface area contributed by atoms with Crippen LogP contribution in [0.5, 0.6) is 5.75 Å². The number of nitrogens with zero attached hydrogens (tertiary/aromatic N) is 2. The molecule has 142 valence electrons. The lowest BCUT2D eigenvalue weighted by Crippen LogP contribution is -2.42. The van der Waals surface area contributed by atoms with Gasteiger partial charge in [0.1, 0.15) is 17.8 Å². The van der Waals surface area contributed by atoms with Crippen LogP contribution in [0, 0.1) is 11.3 Å². The summed E-state index contributed by atoms with van der Waals surface area (Å²) in [6, 6.07) is 14.4. The van der Waals surface area contributed by atoms with E-state index in [9.17, 15) is 14.4 Å². The van der Waals surface area contributed by atoms with Gasteiger partial charge in [0.05, 0.1) is 18.7 Å². The number of nitrogens with one attached hydrogen (secondary N) is 2. The number of amides is 4. The van der Waals surface area contributed by atoms with Gasteiger partial charge in [-0.25, -0.2) is 4.79 Å². The Balaban J connectivity index is 1.71. The Bertz CT molecular complexity index is 963. The van der Waals surface area contributed by atoms with Crippen molar-refractivity contribution in [3.8, 4) is 11.8 Å². The zero-order valence-electron chi connectivity index (χ0n) is 15.4. The number of methoxy groups -OCH3 is 1. The van der Waals surface area contributed by atoms with Gasteiger partial charge >= 0.3 is 6.03 Å². The van der Waals surface area contributed by atoms with Gasteiger partial charge in [0, 0.05) is 5.69 Å². The van der Waals surface area contributed by atoms with Crippen LogP contribution < -0.4 is 15.4 Å². The normalized spacial score (nSPS) is 18.4. The Labute approximate surface area is 161 Å². The minimum Gasteiger partial charge on any atom is -0.497 e. The van der Waals surface area contributed by atoms with Crippen molar-refractivity contribution in [1.82, 2.24) is 10.2 Å². The van der Waals surface area contributed by atoms with Gasteiger partial charge in [-0.1, -0.05) is 12.1 Å². The van der Waals surface area contributed by atoms with Gasteiger partial charge in [-0.2, -0.15) is 5.26 Å². The molecule has 2 N–H and O–H groups in total. The fraction of sp³-hybridized carbons (Fsp3) is 0.200. The van der Waals surface area contributed by atoms with E-state index in [1.54, 1.807) is 55.5 Å². The van der Waals surface area contributed by atoms with Crippen LogP contribution in [0.3, 0.4) is 0 Å². The molecule has 2 aromatic rings. The van der Waals surface area contributed by atoms with E-state index >= 15 is 0 Å². The lowest BCUT2D eigenvalue weighted by atomic mass is 9.91. The maximum Gasteiger partial charge on any atom is 0.325 e. The van der Waals surface area contributed by atoms with Crippen molar-refractivity contribution in [3.63, 3.8) is 0 Å². The number of hydrogen-bond acceptors (Lipinski definition) is 5. The third-order valence-electron chi connectivity index (χ3n) is 4.54. The van der Waals surface area contributed by atoms with Gasteiger partial charge in [0.2, 0.25) is 5.91 Å². The molecule has 2 aromatic carbocycles. The van der Waals surface area contributed by atoms with E-state index in [4.69, 9.17) is 10.00 Å². The molecule has 1 fully saturated rings. The molecule has 1 saturated heterocycles. The fourth-order valence-corrected chi connectivity index (χ4v) is 2.93. The molecular formula is C20H18N4O4. The van der Waals surface area contributed by atoms with Crippen LogP contribution in [0.2, 0.25) is 0 Å². The van der Waals surface area contributed by atoms with Crippen LogP contribution in [0.1, 0.15) is 18.1 Å². The Hall–Kier alpha value is -3.86. The highest BCUT2D eigenvalue weighted by atomic mass is 16.5. The van der Waals surface area contributed by atoms with Crippen molar-refractivity contribution in [2.24, 2.45) is 0 Å². The van der Waals surface area contributed by atoms with Crippen molar-refractivity contribution in [2.45, 2.75) is 12.5 Å². The van der Waals surface area contributed by atoms with Crippen LogP contribution in [0.25, 0.3) is 0 Å². The maximum absolute atomic E-state index is 12.8. The second-order valence-electron chi connectivity index (χ2n) is 6.41. The molecule has 1 atom stereocenters. The number of carbonyl (C=O) groups excluding carboxylic acids is 3. The molecule has 1 heterocycles. The van der Waals surface area contributed by atoms with Crippen LogP contribution in [0.4, 0.5) is 10.5 Å². The minimum absolute atomic E-state index is 0.414. The number of ether oxygens (including phenoxy) is 1. The largest absolute Gasteiger partial charge is 0.497 e. The zero-order chi connectivity index (χ0) is 20.3. The highest BCUT2D eigenvalue weighted by Crippen LogP contribution is 2.29. The molecule has 0 unspecified atom stereocenters. The Morgan fingerprint density at radius 1 is 1.18 bits per heavy atom. The third-order valence-corrected chi connectivity index (χ3v) is 4.54. The first kappa shape index (κ1) is 18.9. The molecule has 3 rings (SSSR count). The van der Waals surface area contributed by atoms with E-state index in [-0.39, 0.29) is 0 Å². The van der Waals surface area contributed by atoms with Crippen LogP contribution >= 0.6 is 0 Å². The summed E-state index contributed by atoms with van der Waals surface area (Å²) < 4.78 is 5.05. The Morgan fingerprint density at radius 3 is 2.39 bits per heavy atom. The Kier molecular flexibility index (Phi) is 5.00. The second-order valence-corrected chi connectivity index (χ2v) is 6.41. The average Bonchev–Trinajstić information content (AvgIpc) is 2.92. The molecule has 1 aliphatic rings. The smallest absolute Gasteiger partial charge is 0.325 e. The standard InChI is InChI=1S/C20H18N4O4/c1-20(14-5-3-13(11-21)4-6-14)18(26)24(19(27)23-20)12-17(25)22-15-7-9-16(28-2)10-8-15/h3-10H,12H2,1-2H3,(H,22,25)(H,23,27)/t20-/m1/s1. The number of benzene rings is 2. The van der Waals surface area contributed by atoms with Gasteiger partial charge in [-0.05, 0) is 48.9 Å². The molecular weight excluding hydrogens is 360 g/mol. The summed E-state index contributed by atoms with van der Waals surface area (Å²) in [4.78, 5) is 38.3. The monoisotopic (exact) mass is 378 g/mol. The minimum atomic E-state index is -1.30. The van der Waals surface area contributed by atoms with Crippen molar-refractivity contribution < 1.29 is 19.1 Å². The Morgan fingerprint density at radius 2 is 1.82 bits per heavy atom. The summed E-state index contributed by atoms with van der Waals surface area (Å²) in [5.41, 5.74) is 0.196. The van der Waals surface area contributed by atoms with Crippen molar-refractivity contribution in [1.29, 1.82) is 5.26 Å². The highest BCUT2D eigenvalue weighted by molar-refractivity contribution is 6.10. The van der Waals surface area contributed by atoms with E-state index in [1.807, 2.05) is 6.07 Å². The number of urea groups is 1. The lowest BCUT2D eigenvalue weighted by Gasteiger charge is -2.22. The molecule has 0 radical (unpaired) electrons. The summed E-state index contributed by atoms with van der Waals surface area (Å²) >= 11 is 0. The first-order valence-electron chi connectivity index (χ1n) is 8.46. The predicted octanol–water partition coefficient (Wildman–Crippen LogP) is 1.97. The van der Waals surface area contributed by atoms with E-state index < -0.39 is 29.9 Å². The summed E-state index contributed by atoms with van der Waals surface area (Å²) in [6.07, 6.45) is 0. The number of imide groups is 1. The molecule has 0 spiro atoms. The van der Waals surface area contributed by atoms with E-state index in [2.05, 4.69) is 10.6 Å². The van der Waals surface area contributed by atoms with Crippen molar-refractivity contribution >= 4 is 23.5 Å². The molecule has 0 aromatic heterocycles. The van der Waals surface area contributed by atoms with Crippen molar-refractivity contribution in [2.75, 3.05) is 19.0 Å². The van der Waals surface area contributed by atoms with Gasteiger partial charge in [0.15, 0.2) is 0 Å². The number of rotatable bonds is 5. The lowest BCUT2D eigenvalue weighted by molar-refractivity contribution is -0.133. The summed E-state index contributed by atoms with van der Waals surface area (Å²) in [5.74, 6) is -0.393. The number of nitriles is 1. The molecule has 28 heavy (non-hydrogen) atoms. The predicted molar refractivity (Wildman–Crippen MR) is 100 cm³/mol. The quantitative estimate of drug-likeness (QED) is 0.773. The summed E-state index contributed by atoms with van der Waals surface area (Å²) in [5, 5.41) is 14.2. The molecule has 1 aliphatic heterocycles. The second kappa shape index (κ2) is 7.40. The topological polar surface area (TPSA) is 112 Å². The first-order valence-corrected chi connectivity index (χ1v) is 8.46. The first-order chi connectivity index (χ1) is 13.4. The van der Waals surface area contributed by atoms with Crippen LogP contribution in [0.15, 0.2) is 48.5 Å². The summed E-state index contributed by atoms with van der Waals surface area (Å²) in [6.45, 7) is 1.15. The summed E-state index contributed by atoms with van der Waals surface area (Å²) in [7, 11) is 1.54. The van der Waals surface area contributed by atoms with Crippen LogP contribution in [-0.4, -0.2) is 36.4 Å². The van der Waals surface area contributed by atoms with Gasteiger partial charge in [0.25, 0.3) is 5.91 Å². The molecule has 0 bridgehead atoms. The SMILES string of the molecule is COc1ccc(NC(=O)CN2C(=O)N[C@](C)(c3ccc(C#N)cc3)C2=O)cc1. The molecule has 4 amide bonds. The molecule has 0 saturated carbocycles. The van der Waals surface area contributed by atoms with Gasteiger partial charge in [-0.3, -0.25) is 14.5 Å². The van der Waals surface area contributed by atoms with E-state index in [0.29, 0.717) is 22.6 Å². The van der Waals surface area contributed by atoms with Crippen LogP contribution in [-0.2, 0) is 15.1 Å². The highest BCUT2D eigenvalue weighted by Gasteiger charge is 2.49. The fourth-order valence-electron chi connectivity index (χ4n) is 2.93. The number of hydrogen-bond donors (Lipinski definition) is 2. The number of anilines is 1. The average molecular weight is 378 g/mol. The van der Waals surface area contributed by atoms with E-state index in [0.717, 1.165) is 4.90 Å². The third kappa shape index (κ3) is 3.50. The van der Waals surface area contributed by atoms with E-state index in [1.165, 1.54) is 7.11 Å².